The molecule has 1 aliphatic heterocycles. The number of ketones is 1. The number of ether oxygens (including phenoxy) is 1. The lowest BCUT2D eigenvalue weighted by molar-refractivity contribution is 0.0598. The number of nitrogens with two attached hydrogens (primary N) is 1. The van der Waals surface area contributed by atoms with Gasteiger partial charge in [0, 0.05) is 33.6 Å². The molecular weight excluding hydrogens is 399 g/mol. The Bertz CT molecular complexity index is 834. The van der Waals surface area contributed by atoms with E-state index in [2.05, 4.69) is 4.90 Å². The van der Waals surface area contributed by atoms with Gasteiger partial charge in [0.15, 0.2) is 5.78 Å². The first-order chi connectivity index (χ1) is 13.4. The zero-order valence-corrected chi connectivity index (χ0v) is 16.8. The van der Waals surface area contributed by atoms with Crippen molar-refractivity contribution in [2.45, 2.75) is 18.9 Å². The van der Waals surface area contributed by atoms with Crippen molar-refractivity contribution < 1.29 is 14.3 Å². The van der Waals surface area contributed by atoms with Gasteiger partial charge in [-0.15, -0.1) is 0 Å². The summed E-state index contributed by atoms with van der Waals surface area (Å²) in [6.45, 7) is 1.94. The Morgan fingerprint density at radius 1 is 1.07 bits per heavy atom. The molecule has 1 fully saturated rings. The first kappa shape index (κ1) is 20.6. The van der Waals surface area contributed by atoms with Crippen LogP contribution in [-0.4, -0.2) is 36.4 Å². The predicted octanol–water partition coefficient (Wildman–Crippen LogP) is 4.72. The minimum absolute atomic E-state index is 0.0201. The van der Waals surface area contributed by atoms with Gasteiger partial charge >= 0.3 is 6.09 Å². The van der Waals surface area contributed by atoms with Gasteiger partial charge in [-0.05, 0) is 56.3 Å². The highest BCUT2D eigenvalue weighted by molar-refractivity contribution is 6.31. The van der Waals surface area contributed by atoms with Crippen molar-refractivity contribution in [3.63, 3.8) is 0 Å². The maximum Gasteiger partial charge on any atom is 0.405 e. The maximum atomic E-state index is 12.7. The van der Waals surface area contributed by atoms with Gasteiger partial charge < -0.3 is 10.5 Å². The molecule has 0 saturated carbocycles. The summed E-state index contributed by atoms with van der Waals surface area (Å²) in [7, 11) is 0. The SMILES string of the molecule is NC(=O)OC(CN1CCC(C(=O)c2ccc(Cl)cc2)CC1)c1ccccc1Cl. The van der Waals surface area contributed by atoms with E-state index in [-0.39, 0.29) is 11.7 Å². The van der Waals surface area contributed by atoms with Crippen LogP contribution in [-0.2, 0) is 4.74 Å². The third kappa shape index (κ3) is 5.25. The van der Waals surface area contributed by atoms with Crippen LogP contribution in [0.5, 0.6) is 0 Å². The fourth-order valence-electron chi connectivity index (χ4n) is 3.54. The zero-order valence-electron chi connectivity index (χ0n) is 15.3. The Balaban J connectivity index is 1.61. The van der Waals surface area contributed by atoms with Crippen LogP contribution < -0.4 is 5.73 Å². The molecule has 0 aromatic heterocycles. The lowest BCUT2D eigenvalue weighted by Crippen LogP contribution is -2.39. The molecular formula is C21H22Cl2N2O3. The molecule has 1 atom stereocenters. The minimum Gasteiger partial charge on any atom is -0.440 e. The monoisotopic (exact) mass is 420 g/mol. The maximum absolute atomic E-state index is 12.7. The number of hydrogen-bond donors (Lipinski definition) is 1. The molecule has 1 heterocycles. The highest BCUT2D eigenvalue weighted by Crippen LogP contribution is 2.29. The molecule has 1 amide bonds. The van der Waals surface area contributed by atoms with Crippen LogP contribution in [0.25, 0.3) is 0 Å². The van der Waals surface area contributed by atoms with E-state index >= 15 is 0 Å². The van der Waals surface area contributed by atoms with Crippen molar-refractivity contribution in [3.05, 3.63) is 69.7 Å². The molecule has 2 aromatic rings. The van der Waals surface area contributed by atoms with Gasteiger partial charge in [0.1, 0.15) is 6.10 Å². The highest BCUT2D eigenvalue weighted by atomic mass is 35.5. The van der Waals surface area contributed by atoms with E-state index in [1.165, 1.54) is 0 Å². The zero-order chi connectivity index (χ0) is 20.1. The van der Waals surface area contributed by atoms with Gasteiger partial charge in [-0.2, -0.15) is 0 Å². The Kier molecular flexibility index (Phi) is 6.94. The fraction of sp³-hybridized carbons (Fsp3) is 0.333. The summed E-state index contributed by atoms with van der Waals surface area (Å²) in [6, 6.07) is 14.3. The van der Waals surface area contributed by atoms with E-state index in [1.807, 2.05) is 18.2 Å². The van der Waals surface area contributed by atoms with Crippen LogP contribution in [0.3, 0.4) is 0 Å². The average molecular weight is 421 g/mol. The Morgan fingerprint density at radius 3 is 2.32 bits per heavy atom. The summed E-state index contributed by atoms with van der Waals surface area (Å²) in [5.74, 6) is 0.126. The van der Waals surface area contributed by atoms with E-state index in [0.29, 0.717) is 22.2 Å². The first-order valence-electron chi connectivity index (χ1n) is 9.16. The van der Waals surface area contributed by atoms with Crippen LogP contribution in [0.4, 0.5) is 4.79 Å². The van der Waals surface area contributed by atoms with Crippen LogP contribution in [0.15, 0.2) is 48.5 Å². The summed E-state index contributed by atoms with van der Waals surface area (Å²) < 4.78 is 5.31. The largest absolute Gasteiger partial charge is 0.440 e. The second-order valence-corrected chi connectivity index (χ2v) is 7.74. The standard InChI is InChI=1S/C21H22Cl2N2O3/c22-16-7-5-14(6-8-16)20(26)15-9-11-25(12-10-15)13-19(28-21(24)27)17-3-1-2-4-18(17)23/h1-8,15,19H,9-13H2,(H2,24,27). The second-order valence-electron chi connectivity index (χ2n) is 6.89. The number of Topliss-reactive ketones (excluding diaryl/α,β-unsaturated/α-hetero) is 1. The number of rotatable bonds is 6. The van der Waals surface area contributed by atoms with Crippen molar-refractivity contribution in [1.29, 1.82) is 0 Å². The van der Waals surface area contributed by atoms with Crippen molar-refractivity contribution in [2.75, 3.05) is 19.6 Å². The van der Waals surface area contributed by atoms with E-state index in [9.17, 15) is 9.59 Å². The van der Waals surface area contributed by atoms with E-state index in [0.717, 1.165) is 31.5 Å². The van der Waals surface area contributed by atoms with Gasteiger partial charge in [-0.25, -0.2) is 4.79 Å². The molecule has 28 heavy (non-hydrogen) atoms. The molecule has 1 saturated heterocycles. The number of piperidine rings is 1. The molecule has 1 aliphatic rings. The van der Waals surface area contributed by atoms with Crippen molar-refractivity contribution in [2.24, 2.45) is 11.7 Å². The topological polar surface area (TPSA) is 72.6 Å². The third-order valence-corrected chi connectivity index (χ3v) is 5.62. The predicted molar refractivity (Wildman–Crippen MR) is 110 cm³/mol. The molecule has 7 heteroatoms. The van der Waals surface area contributed by atoms with E-state index in [4.69, 9.17) is 33.7 Å². The number of halogens is 2. The summed E-state index contributed by atoms with van der Waals surface area (Å²) in [5.41, 5.74) is 6.66. The summed E-state index contributed by atoms with van der Waals surface area (Å²) in [6.07, 6.45) is 0.105. The van der Waals surface area contributed by atoms with Crippen molar-refractivity contribution in [3.8, 4) is 0 Å². The Hall–Kier alpha value is -2.08. The summed E-state index contributed by atoms with van der Waals surface area (Å²) in [4.78, 5) is 26.2. The molecule has 3 rings (SSSR count). The number of hydrogen-bond acceptors (Lipinski definition) is 4. The number of carbonyl (C=O) groups is 2. The van der Waals surface area contributed by atoms with Gasteiger partial charge in [-0.1, -0.05) is 41.4 Å². The fourth-order valence-corrected chi connectivity index (χ4v) is 3.92. The van der Waals surface area contributed by atoms with Gasteiger partial charge in [0.05, 0.1) is 0 Å². The van der Waals surface area contributed by atoms with Crippen molar-refractivity contribution in [1.82, 2.24) is 4.90 Å². The van der Waals surface area contributed by atoms with Crippen LogP contribution in [0, 0.1) is 5.92 Å². The smallest absolute Gasteiger partial charge is 0.405 e. The normalized spacial score (nSPS) is 16.5. The van der Waals surface area contributed by atoms with Gasteiger partial charge in [0.25, 0.3) is 0 Å². The number of primary amides is 1. The lowest BCUT2D eigenvalue weighted by atomic mass is 9.88. The molecule has 0 aliphatic carbocycles. The molecule has 1 unspecified atom stereocenters. The Morgan fingerprint density at radius 2 is 1.71 bits per heavy atom. The number of carbonyl (C=O) groups excluding carboxylic acids is 2. The number of amides is 1. The quantitative estimate of drug-likeness (QED) is 0.685. The molecule has 0 radical (unpaired) electrons. The molecule has 2 aromatic carbocycles. The Labute approximate surface area is 174 Å². The third-order valence-electron chi connectivity index (χ3n) is 5.02. The molecule has 0 spiro atoms. The van der Waals surface area contributed by atoms with E-state index < -0.39 is 12.2 Å². The van der Waals surface area contributed by atoms with Crippen LogP contribution >= 0.6 is 23.2 Å². The van der Waals surface area contributed by atoms with E-state index in [1.54, 1.807) is 30.3 Å². The molecule has 148 valence electrons. The number of nitrogens with zero attached hydrogens (tertiary/aromatic N) is 1. The van der Waals surface area contributed by atoms with Crippen LogP contribution in [0.1, 0.15) is 34.9 Å². The highest BCUT2D eigenvalue weighted by Gasteiger charge is 2.28. The minimum atomic E-state index is -0.835. The van der Waals surface area contributed by atoms with Crippen molar-refractivity contribution >= 4 is 35.1 Å². The van der Waals surface area contributed by atoms with Crippen LogP contribution in [0.2, 0.25) is 10.0 Å². The molecule has 2 N–H and O–H groups in total. The first-order valence-corrected chi connectivity index (χ1v) is 9.92. The summed E-state index contributed by atoms with van der Waals surface area (Å²) >= 11 is 12.2. The molecule has 5 nitrogen and oxygen atoms in total. The number of benzene rings is 2. The average Bonchev–Trinajstić information content (AvgIpc) is 2.68. The summed E-state index contributed by atoms with van der Waals surface area (Å²) in [5, 5.41) is 1.15. The molecule has 0 bridgehead atoms. The van der Waals surface area contributed by atoms with Gasteiger partial charge in [0.2, 0.25) is 0 Å². The second kappa shape index (κ2) is 9.41. The van der Waals surface area contributed by atoms with Gasteiger partial charge in [-0.3, -0.25) is 9.69 Å². The number of likely N-dealkylation sites (tertiary alicyclic amines) is 1. The lowest BCUT2D eigenvalue weighted by Gasteiger charge is -2.33.